The SMILES string of the molecule is CCCCCCCCCCCCNC(C)C(C)=O. The molecule has 0 spiro atoms. The quantitative estimate of drug-likeness (QED) is 0.492. The van der Waals surface area contributed by atoms with Gasteiger partial charge >= 0.3 is 0 Å². The lowest BCUT2D eigenvalue weighted by Crippen LogP contribution is -2.32. The molecule has 2 heteroatoms. The standard InChI is InChI=1S/C16H33NO/c1-4-5-6-7-8-9-10-11-12-13-14-17-15(2)16(3)18/h15,17H,4-14H2,1-3H3. The number of ketones is 1. The van der Waals surface area contributed by atoms with Crippen LogP contribution in [-0.4, -0.2) is 18.4 Å². The van der Waals surface area contributed by atoms with Crippen molar-refractivity contribution in [3.63, 3.8) is 0 Å². The number of nitrogens with one attached hydrogen (secondary N) is 1. The summed E-state index contributed by atoms with van der Waals surface area (Å²) in [6.07, 6.45) is 13.6. The Morgan fingerprint density at radius 2 is 1.33 bits per heavy atom. The summed E-state index contributed by atoms with van der Waals surface area (Å²) in [6, 6.07) is 0.0311. The maximum Gasteiger partial charge on any atom is 0.146 e. The number of carbonyl (C=O) groups is 1. The molecular formula is C16H33NO. The first-order valence-electron chi connectivity index (χ1n) is 7.92. The smallest absolute Gasteiger partial charge is 0.146 e. The van der Waals surface area contributed by atoms with Crippen molar-refractivity contribution in [1.82, 2.24) is 5.32 Å². The van der Waals surface area contributed by atoms with Gasteiger partial charge in [0, 0.05) is 0 Å². The first kappa shape index (κ1) is 17.6. The molecular weight excluding hydrogens is 222 g/mol. The lowest BCUT2D eigenvalue weighted by atomic mass is 10.1. The lowest BCUT2D eigenvalue weighted by molar-refractivity contribution is -0.118. The predicted octanol–water partition coefficient (Wildman–Crippen LogP) is 4.47. The second-order valence-electron chi connectivity index (χ2n) is 5.47. The van der Waals surface area contributed by atoms with E-state index >= 15 is 0 Å². The summed E-state index contributed by atoms with van der Waals surface area (Å²) < 4.78 is 0. The summed E-state index contributed by atoms with van der Waals surface area (Å²) >= 11 is 0. The Kier molecular flexibility index (Phi) is 12.8. The molecule has 0 fully saturated rings. The van der Waals surface area contributed by atoms with E-state index in [0.717, 1.165) is 6.54 Å². The van der Waals surface area contributed by atoms with Crippen molar-refractivity contribution in [2.24, 2.45) is 0 Å². The zero-order valence-electron chi connectivity index (χ0n) is 12.8. The highest BCUT2D eigenvalue weighted by atomic mass is 16.1. The van der Waals surface area contributed by atoms with Crippen LogP contribution in [0.3, 0.4) is 0 Å². The maximum absolute atomic E-state index is 11.0. The molecule has 18 heavy (non-hydrogen) atoms. The maximum atomic E-state index is 11.0. The molecule has 1 atom stereocenters. The van der Waals surface area contributed by atoms with Gasteiger partial charge < -0.3 is 5.32 Å². The van der Waals surface area contributed by atoms with E-state index < -0.39 is 0 Å². The minimum Gasteiger partial charge on any atom is -0.308 e. The van der Waals surface area contributed by atoms with Crippen molar-refractivity contribution in [2.45, 2.75) is 91.0 Å². The molecule has 0 aliphatic heterocycles. The molecule has 1 unspecified atom stereocenters. The third kappa shape index (κ3) is 12.1. The first-order valence-corrected chi connectivity index (χ1v) is 7.92. The van der Waals surface area contributed by atoms with Crippen molar-refractivity contribution in [3.05, 3.63) is 0 Å². The van der Waals surface area contributed by atoms with Crippen LogP contribution >= 0.6 is 0 Å². The Labute approximate surface area is 114 Å². The number of unbranched alkanes of at least 4 members (excludes halogenated alkanes) is 9. The fourth-order valence-electron chi connectivity index (χ4n) is 2.07. The fourth-order valence-corrected chi connectivity index (χ4v) is 2.07. The third-order valence-corrected chi connectivity index (χ3v) is 3.59. The van der Waals surface area contributed by atoms with Crippen molar-refractivity contribution in [1.29, 1.82) is 0 Å². The van der Waals surface area contributed by atoms with Crippen LogP contribution in [0.5, 0.6) is 0 Å². The Bertz CT molecular complexity index is 192. The van der Waals surface area contributed by atoms with Crippen LogP contribution in [0.1, 0.15) is 85.0 Å². The summed E-state index contributed by atoms with van der Waals surface area (Å²) in [7, 11) is 0. The van der Waals surface area contributed by atoms with Crippen LogP contribution in [-0.2, 0) is 4.79 Å². The molecule has 0 aromatic heterocycles. The Hall–Kier alpha value is -0.370. The molecule has 108 valence electrons. The first-order chi connectivity index (χ1) is 8.68. The lowest BCUT2D eigenvalue weighted by Gasteiger charge is -2.09. The number of hydrogen-bond acceptors (Lipinski definition) is 2. The van der Waals surface area contributed by atoms with Crippen LogP contribution in [0.15, 0.2) is 0 Å². The van der Waals surface area contributed by atoms with Crippen molar-refractivity contribution >= 4 is 5.78 Å². The van der Waals surface area contributed by atoms with Crippen molar-refractivity contribution in [3.8, 4) is 0 Å². The van der Waals surface area contributed by atoms with E-state index in [1.807, 2.05) is 6.92 Å². The van der Waals surface area contributed by atoms with Crippen LogP contribution in [0, 0.1) is 0 Å². The van der Waals surface area contributed by atoms with Crippen LogP contribution < -0.4 is 5.32 Å². The average molecular weight is 255 g/mol. The van der Waals surface area contributed by atoms with E-state index in [1.54, 1.807) is 6.92 Å². The Morgan fingerprint density at radius 3 is 1.78 bits per heavy atom. The van der Waals surface area contributed by atoms with E-state index in [9.17, 15) is 4.79 Å². The number of Topliss-reactive ketones (excluding diaryl/α,β-unsaturated/α-hetero) is 1. The van der Waals surface area contributed by atoms with Crippen LogP contribution in [0.4, 0.5) is 0 Å². The molecule has 0 aliphatic carbocycles. The van der Waals surface area contributed by atoms with Gasteiger partial charge in [-0.25, -0.2) is 0 Å². The van der Waals surface area contributed by atoms with Gasteiger partial charge in [0.25, 0.3) is 0 Å². The number of rotatable bonds is 13. The molecule has 2 nitrogen and oxygen atoms in total. The van der Waals surface area contributed by atoms with E-state index in [-0.39, 0.29) is 11.8 Å². The molecule has 0 amide bonds. The highest BCUT2D eigenvalue weighted by Crippen LogP contribution is 2.10. The van der Waals surface area contributed by atoms with Gasteiger partial charge in [0.1, 0.15) is 5.78 Å². The molecule has 1 N–H and O–H groups in total. The highest BCUT2D eigenvalue weighted by molar-refractivity contribution is 5.80. The molecule has 0 aromatic rings. The molecule has 0 saturated carbocycles. The summed E-state index contributed by atoms with van der Waals surface area (Å²) in [4.78, 5) is 11.0. The molecule has 0 bridgehead atoms. The van der Waals surface area contributed by atoms with E-state index in [4.69, 9.17) is 0 Å². The van der Waals surface area contributed by atoms with Gasteiger partial charge in [0.2, 0.25) is 0 Å². The number of hydrogen-bond donors (Lipinski definition) is 1. The highest BCUT2D eigenvalue weighted by Gasteiger charge is 2.04. The van der Waals surface area contributed by atoms with Gasteiger partial charge in [-0.2, -0.15) is 0 Å². The minimum absolute atomic E-state index is 0.0311. The van der Waals surface area contributed by atoms with Gasteiger partial charge in [0.05, 0.1) is 6.04 Å². The number of carbonyl (C=O) groups excluding carboxylic acids is 1. The normalized spacial score (nSPS) is 12.6. The van der Waals surface area contributed by atoms with Gasteiger partial charge in [-0.05, 0) is 26.8 Å². The zero-order valence-corrected chi connectivity index (χ0v) is 12.8. The van der Waals surface area contributed by atoms with Gasteiger partial charge in [-0.15, -0.1) is 0 Å². The van der Waals surface area contributed by atoms with Gasteiger partial charge in [-0.3, -0.25) is 4.79 Å². The fraction of sp³-hybridized carbons (Fsp3) is 0.938. The van der Waals surface area contributed by atoms with Crippen molar-refractivity contribution in [2.75, 3.05) is 6.54 Å². The van der Waals surface area contributed by atoms with Crippen LogP contribution in [0.25, 0.3) is 0 Å². The topological polar surface area (TPSA) is 29.1 Å². The summed E-state index contributed by atoms with van der Waals surface area (Å²) in [5.74, 6) is 0.238. The molecule has 0 saturated heterocycles. The van der Waals surface area contributed by atoms with Gasteiger partial charge in [-0.1, -0.05) is 64.7 Å². The van der Waals surface area contributed by atoms with E-state index in [0.29, 0.717) is 0 Å². The average Bonchev–Trinajstić information content (AvgIpc) is 2.35. The summed E-state index contributed by atoms with van der Waals surface area (Å²) in [6.45, 7) is 6.84. The van der Waals surface area contributed by atoms with E-state index in [1.165, 1.54) is 64.2 Å². The predicted molar refractivity (Wildman–Crippen MR) is 80.0 cm³/mol. The molecule has 0 rings (SSSR count). The summed E-state index contributed by atoms with van der Waals surface area (Å²) in [5.41, 5.74) is 0. The largest absolute Gasteiger partial charge is 0.308 e. The van der Waals surface area contributed by atoms with E-state index in [2.05, 4.69) is 12.2 Å². The molecule has 0 radical (unpaired) electrons. The molecule has 0 aromatic carbocycles. The second-order valence-corrected chi connectivity index (χ2v) is 5.47. The Balaban J connectivity index is 3.05. The third-order valence-electron chi connectivity index (χ3n) is 3.59. The second kappa shape index (κ2) is 13.1. The van der Waals surface area contributed by atoms with Crippen LogP contribution in [0.2, 0.25) is 0 Å². The Morgan fingerprint density at radius 1 is 0.889 bits per heavy atom. The summed E-state index contributed by atoms with van der Waals surface area (Å²) in [5, 5.41) is 3.26. The molecule has 0 heterocycles. The zero-order chi connectivity index (χ0) is 13.6. The molecule has 0 aliphatic rings. The minimum atomic E-state index is 0.0311. The monoisotopic (exact) mass is 255 g/mol. The van der Waals surface area contributed by atoms with Gasteiger partial charge in [0.15, 0.2) is 0 Å². The van der Waals surface area contributed by atoms with Crippen molar-refractivity contribution < 1.29 is 4.79 Å².